The third kappa shape index (κ3) is 3.28. The second-order valence-corrected chi connectivity index (χ2v) is 4.74. The topological polar surface area (TPSA) is 6.48 Å². The van der Waals surface area contributed by atoms with Crippen LogP contribution < -0.4 is 0 Å². The van der Waals surface area contributed by atoms with E-state index in [0.29, 0.717) is 6.04 Å². The fourth-order valence-electron chi connectivity index (χ4n) is 2.32. The van der Waals surface area contributed by atoms with Crippen LogP contribution in [0.3, 0.4) is 0 Å². The maximum atomic E-state index is 2.66. The van der Waals surface area contributed by atoms with E-state index < -0.39 is 0 Å². The number of likely N-dealkylation sites (N-methyl/N-ethyl adjacent to an activating group) is 1. The molecule has 78 valence electrons. The standard InChI is InChI=1S/C11H24N2/c1-10(2)13-8-6-5-7-11(13)9-12(3)4/h10-11H,5-9H2,1-4H3. The van der Waals surface area contributed by atoms with Crippen LogP contribution in [-0.4, -0.2) is 49.1 Å². The minimum Gasteiger partial charge on any atom is -0.308 e. The van der Waals surface area contributed by atoms with Gasteiger partial charge < -0.3 is 4.90 Å². The molecular formula is C11H24N2. The predicted octanol–water partition coefficient (Wildman–Crippen LogP) is 1.81. The zero-order valence-corrected chi connectivity index (χ0v) is 9.58. The quantitative estimate of drug-likeness (QED) is 0.660. The van der Waals surface area contributed by atoms with Gasteiger partial charge in [-0.25, -0.2) is 0 Å². The van der Waals surface area contributed by atoms with Crippen molar-refractivity contribution >= 4 is 0 Å². The zero-order valence-electron chi connectivity index (χ0n) is 9.58. The summed E-state index contributed by atoms with van der Waals surface area (Å²) in [6.07, 6.45) is 4.19. The van der Waals surface area contributed by atoms with Crippen molar-refractivity contribution in [1.29, 1.82) is 0 Å². The van der Waals surface area contributed by atoms with Crippen molar-refractivity contribution in [3.05, 3.63) is 0 Å². The van der Waals surface area contributed by atoms with Crippen LogP contribution in [-0.2, 0) is 0 Å². The fraction of sp³-hybridized carbons (Fsp3) is 1.00. The van der Waals surface area contributed by atoms with Crippen LogP contribution in [0.2, 0.25) is 0 Å². The number of hydrogen-bond acceptors (Lipinski definition) is 2. The SMILES string of the molecule is CC(C)N1CCCCC1CN(C)C. The third-order valence-corrected chi connectivity index (χ3v) is 2.91. The molecule has 1 aliphatic rings. The molecule has 0 N–H and O–H groups in total. The molecule has 0 aromatic heterocycles. The van der Waals surface area contributed by atoms with Gasteiger partial charge in [-0.05, 0) is 47.3 Å². The summed E-state index contributed by atoms with van der Waals surface area (Å²) in [5.74, 6) is 0. The molecule has 0 aromatic rings. The van der Waals surface area contributed by atoms with Crippen LogP contribution in [0, 0.1) is 0 Å². The fourth-order valence-corrected chi connectivity index (χ4v) is 2.32. The number of hydrogen-bond donors (Lipinski definition) is 0. The largest absolute Gasteiger partial charge is 0.308 e. The predicted molar refractivity (Wildman–Crippen MR) is 58.0 cm³/mol. The van der Waals surface area contributed by atoms with Gasteiger partial charge in [0.05, 0.1) is 0 Å². The molecule has 1 aliphatic heterocycles. The van der Waals surface area contributed by atoms with Gasteiger partial charge >= 0.3 is 0 Å². The Morgan fingerprint density at radius 2 is 2.00 bits per heavy atom. The number of rotatable bonds is 3. The monoisotopic (exact) mass is 184 g/mol. The van der Waals surface area contributed by atoms with E-state index in [4.69, 9.17) is 0 Å². The van der Waals surface area contributed by atoms with E-state index >= 15 is 0 Å². The van der Waals surface area contributed by atoms with Crippen molar-refractivity contribution in [2.75, 3.05) is 27.2 Å². The van der Waals surface area contributed by atoms with Gasteiger partial charge in [0.25, 0.3) is 0 Å². The molecule has 1 unspecified atom stereocenters. The Balaban J connectivity index is 2.46. The van der Waals surface area contributed by atoms with E-state index in [9.17, 15) is 0 Å². The van der Waals surface area contributed by atoms with Crippen molar-refractivity contribution in [3.8, 4) is 0 Å². The maximum absolute atomic E-state index is 2.66. The summed E-state index contributed by atoms with van der Waals surface area (Å²) >= 11 is 0. The van der Waals surface area contributed by atoms with E-state index in [1.54, 1.807) is 0 Å². The summed E-state index contributed by atoms with van der Waals surface area (Å²) in [6.45, 7) is 7.15. The Morgan fingerprint density at radius 3 is 2.54 bits per heavy atom. The molecule has 0 radical (unpaired) electrons. The van der Waals surface area contributed by atoms with Crippen LogP contribution >= 0.6 is 0 Å². The molecule has 0 spiro atoms. The first kappa shape index (κ1) is 11.0. The first-order valence-electron chi connectivity index (χ1n) is 5.51. The number of piperidine rings is 1. The normalized spacial score (nSPS) is 25.8. The Kier molecular flexibility index (Phi) is 4.20. The van der Waals surface area contributed by atoms with Gasteiger partial charge in [0.1, 0.15) is 0 Å². The molecule has 2 heteroatoms. The molecule has 1 fully saturated rings. The molecule has 0 aliphatic carbocycles. The van der Waals surface area contributed by atoms with E-state index in [0.717, 1.165) is 6.04 Å². The van der Waals surface area contributed by atoms with Crippen molar-refractivity contribution in [1.82, 2.24) is 9.80 Å². The van der Waals surface area contributed by atoms with Gasteiger partial charge in [0.2, 0.25) is 0 Å². The molecule has 0 amide bonds. The van der Waals surface area contributed by atoms with Crippen LogP contribution in [0.5, 0.6) is 0 Å². The highest BCUT2D eigenvalue weighted by molar-refractivity contribution is 4.80. The molecule has 0 aromatic carbocycles. The minimum absolute atomic E-state index is 0.713. The van der Waals surface area contributed by atoms with Crippen molar-refractivity contribution in [3.63, 3.8) is 0 Å². The summed E-state index contributed by atoms with van der Waals surface area (Å²) in [5.41, 5.74) is 0. The Bertz CT molecular complexity index is 143. The van der Waals surface area contributed by atoms with Crippen LogP contribution in [0.1, 0.15) is 33.1 Å². The zero-order chi connectivity index (χ0) is 9.84. The molecule has 1 atom stereocenters. The third-order valence-electron chi connectivity index (χ3n) is 2.91. The van der Waals surface area contributed by atoms with Gasteiger partial charge in [-0.1, -0.05) is 6.42 Å². The molecule has 0 saturated carbocycles. The summed E-state index contributed by atoms with van der Waals surface area (Å²) < 4.78 is 0. The highest BCUT2D eigenvalue weighted by Crippen LogP contribution is 2.19. The molecule has 1 rings (SSSR count). The van der Waals surface area contributed by atoms with E-state index in [1.807, 2.05) is 0 Å². The minimum atomic E-state index is 0.713. The summed E-state index contributed by atoms with van der Waals surface area (Å²) in [4.78, 5) is 4.97. The van der Waals surface area contributed by atoms with Gasteiger partial charge in [-0.2, -0.15) is 0 Å². The van der Waals surface area contributed by atoms with E-state index in [-0.39, 0.29) is 0 Å². The molecule has 13 heavy (non-hydrogen) atoms. The maximum Gasteiger partial charge on any atom is 0.0225 e. The van der Waals surface area contributed by atoms with E-state index in [2.05, 4.69) is 37.7 Å². The lowest BCUT2D eigenvalue weighted by Gasteiger charge is -2.39. The molecular weight excluding hydrogens is 160 g/mol. The lowest BCUT2D eigenvalue weighted by atomic mass is 10.00. The van der Waals surface area contributed by atoms with Gasteiger partial charge in [-0.15, -0.1) is 0 Å². The number of likely N-dealkylation sites (tertiary alicyclic amines) is 1. The molecule has 1 heterocycles. The lowest BCUT2D eigenvalue weighted by Crippen LogP contribution is -2.48. The molecule has 2 nitrogen and oxygen atoms in total. The van der Waals surface area contributed by atoms with Crippen LogP contribution in [0.4, 0.5) is 0 Å². The Hall–Kier alpha value is -0.0800. The first-order chi connectivity index (χ1) is 6.11. The second-order valence-electron chi connectivity index (χ2n) is 4.74. The summed E-state index contributed by atoms with van der Waals surface area (Å²) in [7, 11) is 4.35. The van der Waals surface area contributed by atoms with Gasteiger partial charge in [0.15, 0.2) is 0 Å². The molecule has 1 saturated heterocycles. The smallest absolute Gasteiger partial charge is 0.0225 e. The highest BCUT2D eigenvalue weighted by Gasteiger charge is 2.24. The van der Waals surface area contributed by atoms with Gasteiger partial charge in [0, 0.05) is 18.6 Å². The average molecular weight is 184 g/mol. The van der Waals surface area contributed by atoms with Crippen molar-refractivity contribution in [2.24, 2.45) is 0 Å². The molecule has 0 bridgehead atoms. The summed E-state index contributed by atoms with van der Waals surface area (Å²) in [6, 6.07) is 1.51. The summed E-state index contributed by atoms with van der Waals surface area (Å²) in [5, 5.41) is 0. The average Bonchev–Trinajstić information content (AvgIpc) is 2.03. The Labute approximate surface area is 82.9 Å². The Morgan fingerprint density at radius 1 is 1.31 bits per heavy atom. The first-order valence-corrected chi connectivity index (χ1v) is 5.51. The second kappa shape index (κ2) is 4.97. The van der Waals surface area contributed by atoms with E-state index in [1.165, 1.54) is 32.4 Å². The van der Waals surface area contributed by atoms with Crippen LogP contribution in [0.15, 0.2) is 0 Å². The highest BCUT2D eigenvalue weighted by atomic mass is 15.2. The van der Waals surface area contributed by atoms with Gasteiger partial charge in [-0.3, -0.25) is 4.90 Å². The van der Waals surface area contributed by atoms with Crippen molar-refractivity contribution in [2.45, 2.75) is 45.2 Å². The number of nitrogens with zero attached hydrogens (tertiary/aromatic N) is 2. The van der Waals surface area contributed by atoms with Crippen molar-refractivity contribution < 1.29 is 0 Å². The lowest BCUT2D eigenvalue weighted by molar-refractivity contribution is 0.0910. The van der Waals surface area contributed by atoms with Crippen LogP contribution in [0.25, 0.3) is 0 Å².